The van der Waals surface area contributed by atoms with Crippen LogP contribution in [0.5, 0.6) is 0 Å². The van der Waals surface area contributed by atoms with Crippen LogP contribution in [0.15, 0.2) is 51.7 Å². The first-order chi connectivity index (χ1) is 12.3. The van der Waals surface area contributed by atoms with Gasteiger partial charge in [-0.05, 0) is 36.4 Å². The van der Waals surface area contributed by atoms with Crippen molar-refractivity contribution in [3.8, 4) is 0 Å². The average molecular weight is 364 g/mol. The molecule has 4 rings (SSSR count). The monoisotopic (exact) mass is 364 g/mol. The fraction of sp³-hybridized carbons (Fsp3) is 0.167. The Kier molecular flexibility index (Phi) is 3.64. The normalized spacial score (nSPS) is 14.2. The van der Waals surface area contributed by atoms with Gasteiger partial charge >= 0.3 is 11.8 Å². The summed E-state index contributed by atoms with van der Waals surface area (Å²) in [6, 6.07) is 9.04. The molecule has 26 heavy (non-hydrogen) atoms. The lowest BCUT2D eigenvalue weighted by Crippen LogP contribution is -2.30. The summed E-state index contributed by atoms with van der Waals surface area (Å²) < 4.78 is 58.1. The van der Waals surface area contributed by atoms with Gasteiger partial charge in [0.05, 0.1) is 11.3 Å². The number of nitrogens with one attached hydrogen (secondary N) is 1. The molecule has 0 atom stereocenters. The van der Waals surface area contributed by atoms with Gasteiger partial charge in [-0.1, -0.05) is 0 Å². The van der Waals surface area contributed by atoms with E-state index in [2.05, 4.69) is 5.32 Å². The van der Waals surface area contributed by atoms with Crippen LogP contribution in [0.1, 0.15) is 5.56 Å². The van der Waals surface area contributed by atoms with Gasteiger partial charge in [0.1, 0.15) is 11.5 Å². The Balaban J connectivity index is 1.95. The number of hydrogen-bond donors (Lipinski definition) is 1. The standard InChI is InChI=1S/C18H12F4N2O2/c19-10-1-3-11(4-2-10)24-8-7-23-16-14(24)6-5-12-13(18(20,21)22)9-15(25)26-17(12)16/h1-6,9,23H,7-8H2. The number of halogens is 4. The maximum absolute atomic E-state index is 13.3. The number of anilines is 3. The van der Waals surface area contributed by atoms with Crippen molar-refractivity contribution in [1.29, 1.82) is 0 Å². The lowest BCUT2D eigenvalue weighted by Gasteiger charge is -2.32. The lowest BCUT2D eigenvalue weighted by molar-refractivity contribution is -0.136. The Bertz CT molecular complexity index is 1040. The molecule has 0 radical (unpaired) electrons. The fourth-order valence-corrected chi connectivity index (χ4v) is 3.15. The summed E-state index contributed by atoms with van der Waals surface area (Å²) in [6.45, 7) is 0.941. The van der Waals surface area contributed by atoms with E-state index in [4.69, 9.17) is 4.42 Å². The highest BCUT2D eigenvalue weighted by molar-refractivity contribution is 5.99. The van der Waals surface area contributed by atoms with Gasteiger partial charge in [0, 0.05) is 30.2 Å². The molecule has 0 fully saturated rings. The van der Waals surface area contributed by atoms with E-state index in [0.717, 1.165) is 0 Å². The minimum Gasteiger partial charge on any atom is -0.420 e. The van der Waals surface area contributed by atoms with Gasteiger partial charge < -0.3 is 14.6 Å². The Labute approximate surface area is 144 Å². The zero-order chi connectivity index (χ0) is 18.5. The largest absolute Gasteiger partial charge is 0.420 e. The van der Waals surface area contributed by atoms with E-state index in [9.17, 15) is 22.4 Å². The molecule has 0 aliphatic carbocycles. The van der Waals surface area contributed by atoms with Crippen LogP contribution in [0, 0.1) is 5.82 Å². The SMILES string of the molecule is O=c1cc(C(F)(F)F)c2ccc3c(c2o1)NCCN3c1ccc(F)cc1. The van der Waals surface area contributed by atoms with Crippen molar-refractivity contribution in [2.24, 2.45) is 0 Å². The minimum atomic E-state index is -4.67. The fourth-order valence-electron chi connectivity index (χ4n) is 3.15. The second-order valence-corrected chi connectivity index (χ2v) is 5.87. The first-order valence-electron chi connectivity index (χ1n) is 7.79. The summed E-state index contributed by atoms with van der Waals surface area (Å²) in [5.41, 5.74) is -0.706. The van der Waals surface area contributed by atoms with Crippen LogP contribution in [0.3, 0.4) is 0 Å². The summed E-state index contributed by atoms with van der Waals surface area (Å²) in [4.78, 5) is 13.5. The van der Waals surface area contributed by atoms with E-state index in [1.807, 2.05) is 4.90 Å². The Hall–Kier alpha value is -3.03. The van der Waals surface area contributed by atoms with Crippen LogP contribution in [-0.4, -0.2) is 13.1 Å². The van der Waals surface area contributed by atoms with E-state index in [1.165, 1.54) is 24.3 Å². The number of hydrogen-bond acceptors (Lipinski definition) is 4. The molecule has 1 aliphatic rings. The minimum absolute atomic E-state index is 0.144. The van der Waals surface area contributed by atoms with Crippen LogP contribution in [0.25, 0.3) is 11.0 Å². The molecule has 1 aromatic heterocycles. The predicted molar refractivity (Wildman–Crippen MR) is 89.4 cm³/mol. The van der Waals surface area contributed by atoms with Gasteiger partial charge in [0.25, 0.3) is 0 Å². The molecule has 0 saturated carbocycles. The molecule has 134 valence electrons. The third-order valence-electron chi connectivity index (χ3n) is 4.26. The molecule has 4 nitrogen and oxygen atoms in total. The van der Waals surface area contributed by atoms with E-state index in [0.29, 0.717) is 36.2 Å². The Morgan fingerprint density at radius 3 is 2.50 bits per heavy atom. The molecule has 0 saturated heterocycles. The summed E-state index contributed by atoms with van der Waals surface area (Å²) >= 11 is 0. The van der Waals surface area contributed by atoms with Gasteiger partial charge in [-0.3, -0.25) is 0 Å². The smallest absolute Gasteiger partial charge is 0.417 e. The van der Waals surface area contributed by atoms with Crippen LogP contribution in [0.2, 0.25) is 0 Å². The van der Waals surface area contributed by atoms with Crippen molar-refractivity contribution in [1.82, 2.24) is 0 Å². The van der Waals surface area contributed by atoms with Crippen molar-refractivity contribution in [3.63, 3.8) is 0 Å². The first-order valence-corrected chi connectivity index (χ1v) is 7.79. The molecule has 1 N–H and O–H groups in total. The van der Waals surface area contributed by atoms with Crippen LogP contribution < -0.4 is 15.8 Å². The predicted octanol–water partition coefficient (Wildman–Crippen LogP) is 4.51. The van der Waals surface area contributed by atoms with Crippen molar-refractivity contribution < 1.29 is 22.0 Å². The van der Waals surface area contributed by atoms with Gasteiger partial charge in [-0.15, -0.1) is 0 Å². The molecule has 0 bridgehead atoms. The Morgan fingerprint density at radius 1 is 1.08 bits per heavy atom. The van der Waals surface area contributed by atoms with Gasteiger partial charge in [0.15, 0.2) is 5.58 Å². The molecule has 2 heterocycles. The molecule has 1 aliphatic heterocycles. The number of rotatable bonds is 1. The molecule has 8 heteroatoms. The molecule has 3 aromatic rings. The zero-order valence-corrected chi connectivity index (χ0v) is 13.2. The van der Waals surface area contributed by atoms with Crippen molar-refractivity contribution in [2.75, 3.05) is 23.3 Å². The maximum Gasteiger partial charge on any atom is 0.417 e. The van der Waals surface area contributed by atoms with Crippen LogP contribution in [-0.2, 0) is 6.18 Å². The van der Waals surface area contributed by atoms with Crippen LogP contribution in [0.4, 0.5) is 34.6 Å². The molecular formula is C18H12F4N2O2. The lowest BCUT2D eigenvalue weighted by atomic mass is 10.1. The zero-order valence-electron chi connectivity index (χ0n) is 13.2. The van der Waals surface area contributed by atoms with Gasteiger partial charge in [-0.2, -0.15) is 13.2 Å². The highest BCUT2D eigenvalue weighted by atomic mass is 19.4. The van der Waals surface area contributed by atoms with Crippen molar-refractivity contribution in [2.45, 2.75) is 6.18 Å². The summed E-state index contributed by atoms with van der Waals surface area (Å²) in [5.74, 6) is -0.386. The summed E-state index contributed by atoms with van der Waals surface area (Å²) in [5, 5.41) is 2.82. The molecule has 0 spiro atoms. The van der Waals surface area contributed by atoms with Gasteiger partial charge in [0.2, 0.25) is 0 Å². The number of fused-ring (bicyclic) bond motifs is 3. The summed E-state index contributed by atoms with van der Waals surface area (Å²) in [7, 11) is 0. The topological polar surface area (TPSA) is 45.5 Å². The number of benzene rings is 2. The van der Waals surface area contributed by atoms with Crippen molar-refractivity contribution >= 4 is 28.0 Å². The molecule has 2 aromatic carbocycles. The third-order valence-corrected chi connectivity index (χ3v) is 4.26. The highest BCUT2D eigenvalue weighted by Crippen LogP contribution is 2.42. The van der Waals surface area contributed by atoms with E-state index in [1.54, 1.807) is 12.1 Å². The molecule has 0 unspecified atom stereocenters. The van der Waals surface area contributed by atoms with Crippen molar-refractivity contribution in [3.05, 3.63) is 64.3 Å². The highest BCUT2D eigenvalue weighted by Gasteiger charge is 2.35. The molecule has 0 amide bonds. The Morgan fingerprint density at radius 2 is 1.81 bits per heavy atom. The molecular weight excluding hydrogens is 352 g/mol. The first kappa shape index (κ1) is 16.4. The second kappa shape index (κ2) is 5.76. The average Bonchev–Trinajstić information content (AvgIpc) is 2.60. The van der Waals surface area contributed by atoms with E-state index < -0.39 is 17.4 Å². The van der Waals surface area contributed by atoms with E-state index in [-0.39, 0.29) is 16.8 Å². The number of alkyl halides is 3. The number of nitrogens with zero attached hydrogens (tertiary/aromatic N) is 1. The van der Waals surface area contributed by atoms with Gasteiger partial charge in [-0.25, -0.2) is 9.18 Å². The summed E-state index contributed by atoms with van der Waals surface area (Å²) in [6.07, 6.45) is -4.67. The second-order valence-electron chi connectivity index (χ2n) is 5.87. The third kappa shape index (κ3) is 2.67. The quantitative estimate of drug-likeness (QED) is 0.510. The van der Waals surface area contributed by atoms with Crippen LogP contribution >= 0.6 is 0 Å². The van der Waals surface area contributed by atoms with E-state index >= 15 is 0 Å². The maximum atomic E-state index is 13.3.